The zero-order chi connectivity index (χ0) is 22.1. The third kappa shape index (κ3) is 7.85. The van der Waals surface area contributed by atoms with E-state index >= 15 is 0 Å². The third-order valence-corrected chi connectivity index (χ3v) is 6.25. The SMILES string of the molecule is CC(=O)NCCCNC(=O)c1ccc(NS(=O)(=O)CCc2cccc(Cl)c2Cl)cc1. The average Bonchev–Trinajstić information content (AvgIpc) is 2.69. The van der Waals surface area contributed by atoms with Gasteiger partial charge < -0.3 is 10.6 Å². The van der Waals surface area contributed by atoms with E-state index in [1.807, 2.05) is 0 Å². The van der Waals surface area contributed by atoms with Crippen molar-refractivity contribution in [2.45, 2.75) is 19.8 Å². The summed E-state index contributed by atoms with van der Waals surface area (Å²) in [6.07, 6.45) is 0.827. The van der Waals surface area contributed by atoms with Gasteiger partial charge in [-0.1, -0.05) is 35.3 Å². The largest absolute Gasteiger partial charge is 0.356 e. The molecule has 0 bridgehead atoms. The first-order valence-corrected chi connectivity index (χ1v) is 11.6. The van der Waals surface area contributed by atoms with Gasteiger partial charge in [-0.3, -0.25) is 14.3 Å². The minimum atomic E-state index is -3.61. The fourth-order valence-corrected chi connectivity index (χ4v) is 4.06. The molecule has 0 unspecified atom stereocenters. The number of rotatable bonds is 10. The van der Waals surface area contributed by atoms with Gasteiger partial charge in [0.05, 0.1) is 15.8 Å². The molecule has 10 heteroatoms. The lowest BCUT2D eigenvalue weighted by Crippen LogP contribution is -2.28. The number of sulfonamides is 1. The smallest absolute Gasteiger partial charge is 0.251 e. The number of amides is 2. The van der Waals surface area contributed by atoms with Crippen LogP contribution in [0.1, 0.15) is 29.3 Å². The number of anilines is 1. The molecule has 2 aromatic rings. The Labute approximate surface area is 186 Å². The zero-order valence-electron chi connectivity index (χ0n) is 16.4. The number of aryl methyl sites for hydroxylation is 1. The summed E-state index contributed by atoms with van der Waals surface area (Å²) in [5.41, 5.74) is 1.41. The molecule has 7 nitrogen and oxygen atoms in total. The van der Waals surface area contributed by atoms with E-state index in [2.05, 4.69) is 15.4 Å². The summed E-state index contributed by atoms with van der Waals surface area (Å²) in [5.74, 6) is -0.554. The lowest BCUT2D eigenvalue weighted by atomic mass is 10.2. The molecule has 0 atom stereocenters. The van der Waals surface area contributed by atoms with Gasteiger partial charge in [0.2, 0.25) is 15.9 Å². The molecule has 0 fully saturated rings. The number of benzene rings is 2. The van der Waals surface area contributed by atoms with Gasteiger partial charge in [0.25, 0.3) is 5.91 Å². The van der Waals surface area contributed by atoms with E-state index in [0.29, 0.717) is 46.4 Å². The van der Waals surface area contributed by atoms with Crippen molar-refractivity contribution < 1.29 is 18.0 Å². The van der Waals surface area contributed by atoms with Crippen LogP contribution in [-0.4, -0.2) is 39.1 Å². The fraction of sp³-hybridized carbons (Fsp3) is 0.300. The molecular formula is C20H23Cl2N3O4S. The van der Waals surface area contributed by atoms with Crippen LogP contribution in [0.25, 0.3) is 0 Å². The van der Waals surface area contributed by atoms with Crippen LogP contribution in [-0.2, 0) is 21.2 Å². The van der Waals surface area contributed by atoms with Gasteiger partial charge in [0, 0.05) is 31.3 Å². The highest BCUT2D eigenvalue weighted by Gasteiger charge is 2.14. The van der Waals surface area contributed by atoms with Gasteiger partial charge in [0.15, 0.2) is 0 Å². The fourth-order valence-electron chi connectivity index (χ4n) is 2.56. The summed E-state index contributed by atoms with van der Waals surface area (Å²) in [5, 5.41) is 6.11. The maximum atomic E-state index is 12.3. The Morgan fingerprint density at radius 2 is 1.63 bits per heavy atom. The van der Waals surface area contributed by atoms with Crippen molar-refractivity contribution in [1.82, 2.24) is 10.6 Å². The molecule has 0 heterocycles. The molecule has 3 N–H and O–H groups in total. The molecule has 0 aliphatic carbocycles. The second-order valence-corrected chi connectivity index (χ2v) is 9.18. The highest BCUT2D eigenvalue weighted by Crippen LogP contribution is 2.26. The van der Waals surface area contributed by atoms with Crippen LogP contribution in [0.3, 0.4) is 0 Å². The molecule has 0 spiro atoms. The Bertz CT molecular complexity index is 996. The number of hydrogen-bond acceptors (Lipinski definition) is 4. The van der Waals surface area contributed by atoms with Crippen LogP contribution < -0.4 is 15.4 Å². The normalized spacial score (nSPS) is 11.0. The number of carbonyl (C=O) groups excluding carboxylic acids is 2. The molecule has 0 saturated heterocycles. The molecule has 0 aliphatic rings. The van der Waals surface area contributed by atoms with Gasteiger partial charge in [-0.2, -0.15) is 0 Å². The molecule has 30 heavy (non-hydrogen) atoms. The lowest BCUT2D eigenvalue weighted by Gasteiger charge is -2.10. The number of nitrogens with one attached hydrogen (secondary N) is 3. The first-order valence-electron chi connectivity index (χ1n) is 9.24. The molecule has 2 aromatic carbocycles. The molecule has 0 aromatic heterocycles. The lowest BCUT2D eigenvalue weighted by molar-refractivity contribution is -0.118. The highest BCUT2D eigenvalue weighted by molar-refractivity contribution is 7.92. The van der Waals surface area contributed by atoms with Gasteiger partial charge in [-0.25, -0.2) is 8.42 Å². The zero-order valence-corrected chi connectivity index (χ0v) is 18.7. The minimum absolute atomic E-state index is 0.116. The average molecular weight is 472 g/mol. The van der Waals surface area contributed by atoms with Gasteiger partial charge >= 0.3 is 0 Å². The summed E-state index contributed by atoms with van der Waals surface area (Å²) in [7, 11) is -3.61. The summed E-state index contributed by atoms with van der Waals surface area (Å²) in [6.45, 7) is 2.33. The molecule has 0 radical (unpaired) electrons. The first-order chi connectivity index (χ1) is 14.2. The predicted molar refractivity (Wildman–Crippen MR) is 120 cm³/mol. The second-order valence-electron chi connectivity index (χ2n) is 6.55. The highest BCUT2D eigenvalue weighted by atomic mass is 35.5. The minimum Gasteiger partial charge on any atom is -0.356 e. The van der Waals surface area contributed by atoms with Crippen LogP contribution in [0.5, 0.6) is 0 Å². The Morgan fingerprint density at radius 3 is 2.30 bits per heavy atom. The maximum Gasteiger partial charge on any atom is 0.251 e. The summed E-state index contributed by atoms with van der Waals surface area (Å²) >= 11 is 12.0. The van der Waals surface area contributed by atoms with Crippen molar-refractivity contribution in [1.29, 1.82) is 0 Å². The Morgan fingerprint density at radius 1 is 0.967 bits per heavy atom. The Hall–Kier alpha value is -2.29. The van der Waals surface area contributed by atoms with E-state index in [4.69, 9.17) is 23.2 Å². The van der Waals surface area contributed by atoms with E-state index in [1.54, 1.807) is 18.2 Å². The topological polar surface area (TPSA) is 104 Å². The monoisotopic (exact) mass is 471 g/mol. The van der Waals surface area contributed by atoms with E-state index in [1.165, 1.54) is 31.2 Å². The Balaban J connectivity index is 1.85. The molecule has 0 aliphatic heterocycles. The standard InChI is InChI=1S/C20H23Cl2N3O4S/c1-14(26)23-11-3-12-24-20(27)16-6-8-17(9-7-16)25-30(28,29)13-10-15-4-2-5-18(21)19(15)22/h2,4-9,25H,3,10-13H2,1H3,(H,23,26)(H,24,27). The summed E-state index contributed by atoms with van der Waals surface area (Å²) < 4.78 is 27.2. The van der Waals surface area contributed by atoms with E-state index in [9.17, 15) is 18.0 Å². The van der Waals surface area contributed by atoms with Crippen molar-refractivity contribution in [2.75, 3.05) is 23.6 Å². The third-order valence-electron chi connectivity index (χ3n) is 4.11. The van der Waals surface area contributed by atoms with Crippen LogP contribution >= 0.6 is 23.2 Å². The van der Waals surface area contributed by atoms with Crippen LogP contribution in [0.4, 0.5) is 5.69 Å². The molecule has 2 rings (SSSR count). The van der Waals surface area contributed by atoms with E-state index in [-0.39, 0.29) is 24.0 Å². The summed E-state index contributed by atoms with van der Waals surface area (Å²) in [6, 6.07) is 11.2. The van der Waals surface area contributed by atoms with Crippen LogP contribution in [0.2, 0.25) is 10.0 Å². The number of halogens is 2. The van der Waals surface area contributed by atoms with E-state index in [0.717, 1.165) is 0 Å². The maximum absolute atomic E-state index is 12.3. The summed E-state index contributed by atoms with van der Waals surface area (Å²) in [4.78, 5) is 22.9. The van der Waals surface area contributed by atoms with Gasteiger partial charge in [-0.05, 0) is 48.7 Å². The predicted octanol–water partition coefficient (Wildman–Crippen LogP) is 3.23. The Kier molecular flexibility index (Phi) is 8.95. The second kappa shape index (κ2) is 11.2. The van der Waals surface area contributed by atoms with Crippen molar-refractivity contribution in [3.05, 3.63) is 63.6 Å². The van der Waals surface area contributed by atoms with E-state index < -0.39 is 10.0 Å². The molecule has 0 saturated carbocycles. The molecule has 2 amide bonds. The van der Waals surface area contributed by atoms with Crippen molar-refractivity contribution in [3.63, 3.8) is 0 Å². The first kappa shape index (κ1) is 24.0. The quantitative estimate of drug-likeness (QED) is 0.462. The number of hydrogen-bond donors (Lipinski definition) is 3. The van der Waals surface area contributed by atoms with Crippen molar-refractivity contribution in [2.24, 2.45) is 0 Å². The van der Waals surface area contributed by atoms with Gasteiger partial charge in [0.1, 0.15) is 0 Å². The van der Waals surface area contributed by atoms with Crippen molar-refractivity contribution in [3.8, 4) is 0 Å². The number of carbonyl (C=O) groups is 2. The van der Waals surface area contributed by atoms with Crippen LogP contribution in [0.15, 0.2) is 42.5 Å². The molecule has 162 valence electrons. The van der Waals surface area contributed by atoms with Gasteiger partial charge in [-0.15, -0.1) is 0 Å². The van der Waals surface area contributed by atoms with Crippen molar-refractivity contribution >= 4 is 50.7 Å². The van der Waals surface area contributed by atoms with Crippen LogP contribution in [0, 0.1) is 0 Å². The molecular weight excluding hydrogens is 449 g/mol.